The van der Waals surface area contributed by atoms with E-state index in [1.807, 2.05) is 10.9 Å². The number of aryl methyl sites for hydroxylation is 3. The van der Waals surface area contributed by atoms with E-state index in [1.165, 1.54) is 11.1 Å². The van der Waals surface area contributed by atoms with Crippen LogP contribution in [0.4, 0.5) is 0 Å². The maximum absolute atomic E-state index is 11.3. The Morgan fingerprint density at radius 3 is 2.40 bits per heavy atom. The van der Waals surface area contributed by atoms with Gasteiger partial charge in [0.2, 0.25) is 0 Å². The van der Waals surface area contributed by atoms with Crippen molar-refractivity contribution < 1.29 is 4.79 Å². The number of carbonyl (C=O) groups is 1. The van der Waals surface area contributed by atoms with Crippen molar-refractivity contribution in [3.8, 4) is 11.3 Å². The van der Waals surface area contributed by atoms with E-state index < -0.39 is 0 Å². The Kier molecular flexibility index (Phi) is 4.38. The summed E-state index contributed by atoms with van der Waals surface area (Å²) in [4.78, 5) is 11.3. The van der Waals surface area contributed by atoms with Crippen LogP contribution in [0.5, 0.6) is 0 Å². The Morgan fingerprint density at radius 2 is 1.85 bits per heavy atom. The average Bonchev–Trinajstić information content (AvgIpc) is 2.78. The first-order valence-electron chi connectivity index (χ1n) is 7.11. The highest BCUT2D eigenvalue weighted by Gasteiger charge is 2.11. The molecule has 0 saturated carbocycles. The van der Waals surface area contributed by atoms with Crippen molar-refractivity contribution in [3.63, 3.8) is 0 Å². The third-order valence-electron chi connectivity index (χ3n) is 3.35. The Balaban J connectivity index is 2.37. The highest BCUT2D eigenvalue weighted by Crippen LogP contribution is 2.23. The molecule has 0 aliphatic heterocycles. The molecule has 0 radical (unpaired) electrons. The van der Waals surface area contributed by atoms with Gasteiger partial charge in [0.15, 0.2) is 6.29 Å². The largest absolute Gasteiger partial charge is 0.298 e. The van der Waals surface area contributed by atoms with Crippen LogP contribution in [0.15, 0.2) is 24.4 Å². The zero-order chi connectivity index (χ0) is 14.7. The number of aromatic nitrogens is 2. The number of carbonyl (C=O) groups excluding carboxylic acids is 1. The molecular weight excluding hydrogens is 248 g/mol. The number of nitrogens with zero attached hydrogens (tertiary/aromatic N) is 2. The third kappa shape index (κ3) is 3.35. The van der Waals surface area contributed by atoms with E-state index in [0.29, 0.717) is 11.5 Å². The minimum absolute atomic E-state index is 0.628. The first-order valence-corrected chi connectivity index (χ1v) is 7.11. The van der Waals surface area contributed by atoms with Gasteiger partial charge in [-0.3, -0.25) is 9.48 Å². The number of benzene rings is 1. The van der Waals surface area contributed by atoms with Crippen molar-refractivity contribution in [1.82, 2.24) is 9.78 Å². The topological polar surface area (TPSA) is 34.9 Å². The van der Waals surface area contributed by atoms with Gasteiger partial charge in [0.1, 0.15) is 5.69 Å². The summed E-state index contributed by atoms with van der Waals surface area (Å²) < 4.78 is 1.89. The predicted molar refractivity (Wildman–Crippen MR) is 82.0 cm³/mol. The summed E-state index contributed by atoms with van der Waals surface area (Å²) in [6.45, 7) is 9.35. The van der Waals surface area contributed by atoms with Gasteiger partial charge in [0, 0.05) is 18.3 Å². The van der Waals surface area contributed by atoms with Crippen molar-refractivity contribution in [2.75, 3.05) is 0 Å². The van der Waals surface area contributed by atoms with Crippen LogP contribution in [-0.2, 0) is 6.54 Å². The quantitative estimate of drug-likeness (QED) is 0.769. The normalized spacial score (nSPS) is 11.1. The summed E-state index contributed by atoms with van der Waals surface area (Å²) in [5.41, 5.74) is 4.85. The number of aldehydes is 1. The van der Waals surface area contributed by atoms with Gasteiger partial charge in [-0.25, -0.2) is 0 Å². The predicted octanol–water partition coefficient (Wildman–Crippen LogP) is 4.03. The molecule has 3 nitrogen and oxygen atoms in total. The van der Waals surface area contributed by atoms with Crippen molar-refractivity contribution in [2.24, 2.45) is 5.92 Å². The highest BCUT2D eigenvalue weighted by atomic mass is 16.1. The van der Waals surface area contributed by atoms with Crippen LogP contribution in [0.3, 0.4) is 0 Å². The zero-order valence-corrected chi connectivity index (χ0v) is 12.7. The molecule has 0 N–H and O–H groups in total. The van der Waals surface area contributed by atoms with Crippen molar-refractivity contribution in [3.05, 3.63) is 41.1 Å². The highest BCUT2D eigenvalue weighted by molar-refractivity contribution is 5.85. The molecule has 0 saturated heterocycles. The lowest BCUT2D eigenvalue weighted by atomic mass is 10.0. The second-order valence-electron chi connectivity index (χ2n) is 5.87. The van der Waals surface area contributed by atoms with Gasteiger partial charge in [0.25, 0.3) is 0 Å². The monoisotopic (exact) mass is 270 g/mol. The molecule has 3 heteroatoms. The summed E-state index contributed by atoms with van der Waals surface area (Å²) >= 11 is 0. The SMILES string of the molecule is Cc1cc(C)cc(-c2nn(CCC(C)C)cc2C=O)c1. The standard InChI is InChI=1S/C17H22N2O/c1-12(2)5-6-19-10-16(11-20)17(18-19)15-8-13(3)7-14(4)9-15/h7-12H,5-6H2,1-4H3. The van der Waals surface area contributed by atoms with Crippen LogP contribution in [0.2, 0.25) is 0 Å². The van der Waals surface area contributed by atoms with Gasteiger partial charge < -0.3 is 0 Å². The number of hydrogen-bond donors (Lipinski definition) is 0. The Labute approximate surface area is 120 Å². The van der Waals surface area contributed by atoms with Gasteiger partial charge in [-0.15, -0.1) is 0 Å². The van der Waals surface area contributed by atoms with Crippen LogP contribution in [0, 0.1) is 19.8 Å². The van der Waals surface area contributed by atoms with E-state index in [9.17, 15) is 4.79 Å². The fourth-order valence-electron chi connectivity index (χ4n) is 2.36. The summed E-state index contributed by atoms with van der Waals surface area (Å²) in [6, 6.07) is 6.28. The van der Waals surface area contributed by atoms with E-state index >= 15 is 0 Å². The third-order valence-corrected chi connectivity index (χ3v) is 3.35. The summed E-state index contributed by atoms with van der Waals surface area (Å²) in [5.74, 6) is 0.628. The van der Waals surface area contributed by atoms with Gasteiger partial charge in [-0.05, 0) is 38.3 Å². The summed E-state index contributed by atoms with van der Waals surface area (Å²) in [5, 5.41) is 4.59. The fraction of sp³-hybridized carbons (Fsp3) is 0.412. The fourth-order valence-corrected chi connectivity index (χ4v) is 2.36. The number of hydrogen-bond acceptors (Lipinski definition) is 2. The second-order valence-corrected chi connectivity index (χ2v) is 5.87. The molecular formula is C17H22N2O. The molecule has 0 bridgehead atoms. The van der Waals surface area contributed by atoms with Crippen molar-refractivity contribution in [1.29, 1.82) is 0 Å². The Hall–Kier alpha value is -1.90. The smallest absolute Gasteiger partial charge is 0.153 e. The average molecular weight is 270 g/mol. The minimum Gasteiger partial charge on any atom is -0.298 e. The lowest BCUT2D eigenvalue weighted by Gasteiger charge is -2.05. The summed E-state index contributed by atoms with van der Waals surface area (Å²) in [6.07, 6.45) is 3.81. The number of rotatable bonds is 5. The molecule has 2 rings (SSSR count). The molecule has 0 unspecified atom stereocenters. The van der Waals surface area contributed by atoms with E-state index in [2.05, 4.69) is 51.0 Å². The Morgan fingerprint density at radius 1 is 1.20 bits per heavy atom. The molecule has 0 atom stereocenters. The second kappa shape index (κ2) is 6.04. The van der Waals surface area contributed by atoms with Gasteiger partial charge >= 0.3 is 0 Å². The molecule has 0 amide bonds. The van der Waals surface area contributed by atoms with Crippen LogP contribution in [0.25, 0.3) is 11.3 Å². The van der Waals surface area contributed by atoms with Gasteiger partial charge in [-0.2, -0.15) is 5.10 Å². The molecule has 0 aliphatic rings. The molecule has 1 aromatic heterocycles. The molecule has 1 heterocycles. The Bertz CT molecular complexity index is 591. The molecule has 0 spiro atoms. The maximum atomic E-state index is 11.3. The van der Waals surface area contributed by atoms with E-state index in [-0.39, 0.29) is 0 Å². The maximum Gasteiger partial charge on any atom is 0.153 e. The van der Waals surface area contributed by atoms with Crippen molar-refractivity contribution in [2.45, 2.75) is 40.7 Å². The molecule has 0 aliphatic carbocycles. The minimum atomic E-state index is 0.628. The van der Waals surface area contributed by atoms with Crippen molar-refractivity contribution >= 4 is 6.29 Å². The first-order chi connectivity index (χ1) is 9.49. The van der Waals surface area contributed by atoms with Gasteiger partial charge in [0.05, 0.1) is 5.56 Å². The molecule has 0 fully saturated rings. The van der Waals surface area contributed by atoms with E-state index in [1.54, 1.807) is 0 Å². The molecule has 106 valence electrons. The first kappa shape index (κ1) is 14.5. The van der Waals surface area contributed by atoms with Crippen LogP contribution in [-0.4, -0.2) is 16.1 Å². The zero-order valence-electron chi connectivity index (χ0n) is 12.7. The van der Waals surface area contributed by atoms with E-state index in [4.69, 9.17) is 0 Å². The summed E-state index contributed by atoms with van der Waals surface area (Å²) in [7, 11) is 0. The lowest BCUT2D eigenvalue weighted by molar-refractivity contribution is 0.112. The molecule has 1 aromatic carbocycles. The van der Waals surface area contributed by atoms with Crippen LogP contribution < -0.4 is 0 Å². The van der Waals surface area contributed by atoms with E-state index in [0.717, 1.165) is 30.5 Å². The molecule has 2 aromatic rings. The lowest BCUT2D eigenvalue weighted by Crippen LogP contribution is -2.02. The molecule has 20 heavy (non-hydrogen) atoms. The van der Waals surface area contributed by atoms with Crippen LogP contribution in [0.1, 0.15) is 41.8 Å². The van der Waals surface area contributed by atoms with Gasteiger partial charge in [-0.1, -0.05) is 31.0 Å². The van der Waals surface area contributed by atoms with Crippen LogP contribution >= 0.6 is 0 Å².